The smallest absolute Gasteiger partial charge is 0.221 e. The quantitative estimate of drug-likeness (QED) is 0.761. The Bertz CT molecular complexity index is 395. The molecular formula is C14H20ClNO2S. The molecule has 106 valence electrons. The number of halogens is 1. The van der Waals surface area contributed by atoms with Crippen LogP contribution in [0, 0.1) is 0 Å². The highest BCUT2D eigenvalue weighted by Crippen LogP contribution is 2.20. The fourth-order valence-corrected chi connectivity index (χ4v) is 2.69. The van der Waals surface area contributed by atoms with Gasteiger partial charge in [-0.05, 0) is 44.5 Å². The van der Waals surface area contributed by atoms with Gasteiger partial charge in [-0.25, -0.2) is 0 Å². The standard InChI is InChI=1S/C14H20ClNO2S/c1-10(9-11(2)17)16-14(18)7-8-19-13-5-3-12(15)4-6-13/h3-6,10-11,17H,7-9H2,1-2H3,(H,16,18). The Morgan fingerprint density at radius 2 is 2.00 bits per heavy atom. The molecule has 1 amide bonds. The maximum Gasteiger partial charge on any atom is 0.221 e. The third kappa shape index (κ3) is 7.45. The molecule has 0 aromatic heterocycles. The predicted octanol–water partition coefficient (Wildman–Crippen LogP) is 3.10. The van der Waals surface area contributed by atoms with E-state index in [1.54, 1.807) is 18.7 Å². The first-order valence-corrected chi connectivity index (χ1v) is 7.69. The second-order valence-corrected chi connectivity index (χ2v) is 6.21. The van der Waals surface area contributed by atoms with E-state index in [1.165, 1.54) is 0 Å². The van der Waals surface area contributed by atoms with E-state index in [4.69, 9.17) is 11.6 Å². The molecule has 0 spiro atoms. The average Bonchev–Trinajstić information content (AvgIpc) is 2.30. The number of aliphatic hydroxyl groups is 1. The Kier molecular flexibility index (Phi) is 7.28. The molecule has 0 radical (unpaired) electrons. The molecule has 19 heavy (non-hydrogen) atoms. The summed E-state index contributed by atoms with van der Waals surface area (Å²) >= 11 is 7.43. The highest BCUT2D eigenvalue weighted by molar-refractivity contribution is 7.99. The fraction of sp³-hybridized carbons (Fsp3) is 0.500. The van der Waals surface area contributed by atoms with Crippen molar-refractivity contribution in [3.63, 3.8) is 0 Å². The molecule has 1 rings (SSSR count). The van der Waals surface area contributed by atoms with Gasteiger partial charge in [0.15, 0.2) is 0 Å². The topological polar surface area (TPSA) is 49.3 Å². The maximum atomic E-state index is 11.7. The maximum absolute atomic E-state index is 11.7. The molecule has 5 heteroatoms. The number of hydrogen-bond acceptors (Lipinski definition) is 3. The molecule has 0 saturated heterocycles. The van der Waals surface area contributed by atoms with E-state index in [-0.39, 0.29) is 11.9 Å². The minimum absolute atomic E-state index is 0.00744. The van der Waals surface area contributed by atoms with E-state index in [1.807, 2.05) is 31.2 Å². The summed E-state index contributed by atoms with van der Waals surface area (Å²) in [4.78, 5) is 12.8. The molecule has 0 aliphatic heterocycles. The van der Waals surface area contributed by atoms with Crippen LogP contribution in [0.4, 0.5) is 0 Å². The number of benzene rings is 1. The van der Waals surface area contributed by atoms with Gasteiger partial charge in [0.05, 0.1) is 6.10 Å². The number of amides is 1. The van der Waals surface area contributed by atoms with Gasteiger partial charge < -0.3 is 10.4 Å². The van der Waals surface area contributed by atoms with Crippen LogP contribution >= 0.6 is 23.4 Å². The summed E-state index contributed by atoms with van der Waals surface area (Å²) < 4.78 is 0. The van der Waals surface area contributed by atoms with Gasteiger partial charge in [0.2, 0.25) is 5.91 Å². The van der Waals surface area contributed by atoms with E-state index in [9.17, 15) is 9.90 Å². The van der Waals surface area contributed by atoms with Gasteiger partial charge >= 0.3 is 0 Å². The number of hydrogen-bond donors (Lipinski definition) is 2. The van der Waals surface area contributed by atoms with E-state index >= 15 is 0 Å². The molecule has 2 atom stereocenters. The normalized spacial score (nSPS) is 13.9. The van der Waals surface area contributed by atoms with Gasteiger partial charge in [0.25, 0.3) is 0 Å². The molecule has 0 heterocycles. The molecule has 0 aliphatic carbocycles. The molecule has 0 bridgehead atoms. The lowest BCUT2D eigenvalue weighted by Gasteiger charge is -2.15. The van der Waals surface area contributed by atoms with Crippen LogP contribution in [0.5, 0.6) is 0 Å². The van der Waals surface area contributed by atoms with Crippen LogP contribution in [0.25, 0.3) is 0 Å². The number of rotatable bonds is 7. The molecule has 3 nitrogen and oxygen atoms in total. The highest BCUT2D eigenvalue weighted by Gasteiger charge is 2.09. The largest absolute Gasteiger partial charge is 0.393 e. The first kappa shape index (κ1) is 16.3. The zero-order chi connectivity index (χ0) is 14.3. The van der Waals surface area contributed by atoms with Crippen molar-refractivity contribution < 1.29 is 9.90 Å². The van der Waals surface area contributed by atoms with Crippen molar-refractivity contribution in [1.82, 2.24) is 5.32 Å². The van der Waals surface area contributed by atoms with Crippen molar-refractivity contribution in [2.75, 3.05) is 5.75 Å². The van der Waals surface area contributed by atoms with Crippen LogP contribution in [0.3, 0.4) is 0 Å². The van der Waals surface area contributed by atoms with E-state index < -0.39 is 6.10 Å². The second-order valence-electron chi connectivity index (χ2n) is 4.61. The Morgan fingerprint density at radius 3 is 2.58 bits per heavy atom. The summed E-state index contributed by atoms with van der Waals surface area (Å²) in [7, 11) is 0. The molecule has 2 N–H and O–H groups in total. The average molecular weight is 302 g/mol. The van der Waals surface area contributed by atoms with Crippen LogP contribution in [0.2, 0.25) is 5.02 Å². The van der Waals surface area contributed by atoms with Crippen LogP contribution < -0.4 is 5.32 Å². The van der Waals surface area contributed by atoms with Gasteiger partial charge in [-0.1, -0.05) is 11.6 Å². The lowest BCUT2D eigenvalue weighted by atomic mass is 10.1. The van der Waals surface area contributed by atoms with Crippen LogP contribution in [0.1, 0.15) is 26.7 Å². The van der Waals surface area contributed by atoms with E-state index in [0.717, 1.165) is 10.6 Å². The first-order valence-electron chi connectivity index (χ1n) is 6.33. The van der Waals surface area contributed by atoms with Gasteiger partial charge in [0, 0.05) is 28.1 Å². The van der Waals surface area contributed by atoms with Crippen LogP contribution in [0.15, 0.2) is 29.2 Å². The minimum atomic E-state index is -0.390. The van der Waals surface area contributed by atoms with Gasteiger partial charge in [-0.2, -0.15) is 0 Å². The zero-order valence-corrected chi connectivity index (χ0v) is 12.8. The lowest BCUT2D eigenvalue weighted by molar-refractivity contribution is -0.121. The summed E-state index contributed by atoms with van der Waals surface area (Å²) in [5.74, 6) is 0.754. The predicted molar refractivity (Wildman–Crippen MR) is 80.7 cm³/mol. The monoisotopic (exact) mass is 301 g/mol. The minimum Gasteiger partial charge on any atom is -0.393 e. The summed E-state index contributed by atoms with van der Waals surface area (Å²) in [6, 6.07) is 7.58. The van der Waals surface area contributed by atoms with Crippen molar-refractivity contribution in [3.8, 4) is 0 Å². The van der Waals surface area contributed by atoms with Crippen molar-refractivity contribution in [3.05, 3.63) is 29.3 Å². The number of carbonyl (C=O) groups is 1. The summed E-state index contributed by atoms with van der Waals surface area (Å²) in [6.07, 6.45) is 0.659. The van der Waals surface area contributed by atoms with Gasteiger partial charge in [-0.15, -0.1) is 11.8 Å². The molecular weight excluding hydrogens is 282 g/mol. The molecule has 0 saturated carbocycles. The third-order valence-corrected chi connectivity index (χ3v) is 3.78. The van der Waals surface area contributed by atoms with Crippen molar-refractivity contribution in [2.45, 2.75) is 43.7 Å². The van der Waals surface area contributed by atoms with Crippen molar-refractivity contribution in [2.24, 2.45) is 0 Å². The van der Waals surface area contributed by atoms with Crippen molar-refractivity contribution >= 4 is 29.3 Å². The molecule has 2 unspecified atom stereocenters. The van der Waals surface area contributed by atoms with Gasteiger partial charge in [0.1, 0.15) is 0 Å². The van der Waals surface area contributed by atoms with Crippen molar-refractivity contribution in [1.29, 1.82) is 0 Å². The Labute approximate surface area is 123 Å². The zero-order valence-electron chi connectivity index (χ0n) is 11.2. The van der Waals surface area contributed by atoms with Crippen LogP contribution in [-0.4, -0.2) is 28.9 Å². The number of aliphatic hydroxyl groups excluding tert-OH is 1. The Morgan fingerprint density at radius 1 is 1.37 bits per heavy atom. The van der Waals surface area contributed by atoms with Crippen LogP contribution in [-0.2, 0) is 4.79 Å². The number of thioether (sulfide) groups is 1. The number of carbonyl (C=O) groups excluding carboxylic acids is 1. The fourth-order valence-electron chi connectivity index (χ4n) is 1.71. The Balaban J connectivity index is 2.21. The van der Waals surface area contributed by atoms with Gasteiger partial charge in [-0.3, -0.25) is 4.79 Å². The van der Waals surface area contributed by atoms with E-state index in [2.05, 4.69) is 5.32 Å². The summed E-state index contributed by atoms with van der Waals surface area (Å²) in [5, 5.41) is 12.8. The summed E-state index contributed by atoms with van der Waals surface area (Å²) in [5.41, 5.74) is 0. The molecule has 1 aromatic rings. The highest BCUT2D eigenvalue weighted by atomic mass is 35.5. The molecule has 0 fully saturated rings. The lowest BCUT2D eigenvalue weighted by Crippen LogP contribution is -2.34. The first-order chi connectivity index (χ1) is 8.97. The number of nitrogens with one attached hydrogen (secondary N) is 1. The summed E-state index contributed by atoms with van der Waals surface area (Å²) in [6.45, 7) is 3.62. The Hall–Kier alpha value is -0.710. The van der Waals surface area contributed by atoms with E-state index in [0.29, 0.717) is 17.9 Å². The SMILES string of the molecule is CC(O)CC(C)NC(=O)CCSc1ccc(Cl)cc1. The molecule has 1 aromatic carbocycles. The third-order valence-electron chi connectivity index (χ3n) is 2.51. The molecule has 0 aliphatic rings. The second kappa shape index (κ2) is 8.46.